The summed E-state index contributed by atoms with van der Waals surface area (Å²) in [4.78, 5) is 11.2. The molecule has 5 heteroatoms. The van der Waals surface area contributed by atoms with Crippen molar-refractivity contribution < 1.29 is 14.6 Å². The van der Waals surface area contributed by atoms with Gasteiger partial charge in [-0.15, -0.1) is 0 Å². The van der Waals surface area contributed by atoms with E-state index in [1.165, 1.54) is 12.8 Å². The first kappa shape index (κ1) is 15.3. The maximum atomic E-state index is 11.2. The predicted octanol–water partition coefficient (Wildman–Crippen LogP) is 3.33. The molecule has 20 heavy (non-hydrogen) atoms. The molecular formula is C15H20BrNO3. The highest BCUT2D eigenvalue weighted by molar-refractivity contribution is 9.10. The summed E-state index contributed by atoms with van der Waals surface area (Å²) in [7, 11) is 0. The summed E-state index contributed by atoms with van der Waals surface area (Å²) in [6, 6.07) is 6.29. The van der Waals surface area contributed by atoms with E-state index in [9.17, 15) is 9.90 Å². The third kappa shape index (κ3) is 4.49. The van der Waals surface area contributed by atoms with Crippen LogP contribution in [0, 0.1) is 0 Å². The van der Waals surface area contributed by atoms with Crippen LogP contribution < -0.4 is 10.1 Å². The molecule has 0 aliphatic heterocycles. The second-order valence-electron chi connectivity index (χ2n) is 5.14. The summed E-state index contributed by atoms with van der Waals surface area (Å²) >= 11 is 3.45. The average Bonchev–Trinajstić information content (AvgIpc) is 3.22. The molecule has 2 N–H and O–H groups in total. The molecule has 1 atom stereocenters. The topological polar surface area (TPSA) is 58.6 Å². The van der Waals surface area contributed by atoms with Crippen LogP contribution in [0.4, 0.5) is 0 Å². The number of benzene rings is 1. The van der Waals surface area contributed by atoms with Crippen LogP contribution in [0.1, 0.15) is 38.2 Å². The lowest BCUT2D eigenvalue weighted by molar-refractivity contribution is -0.145. The van der Waals surface area contributed by atoms with Gasteiger partial charge in [-0.1, -0.05) is 29.3 Å². The minimum absolute atomic E-state index is 0.515. The normalized spacial score (nSPS) is 15.9. The molecule has 1 fully saturated rings. The van der Waals surface area contributed by atoms with Crippen LogP contribution in [0.2, 0.25) is 0 Å². The third-order valence-corrected chi connectivity index (χ3v) is 3.77. The van der Waals surface area contributed by atoms with Gasteiger partial charge in [-0.2, -0.15) is 0 Å². The van der Waals surface area contributed by atoms with E-state index in [2.05, 4.69) is 21.2 Å². The second kappa shape index (κ2) is 7.09. The van der Waals surface area contributed by atoms with Gasteiger partial charge in [-0.3, -0.25) is 0 Å². The Bertz CT molecular complexity index is 474. The number of nitrogens with one attached hydrogen (secondary N) is 1. The van der Waals surface area contributed by atoms with E-state index < -0.39 is 12.1 Å². The Morgan fingerprint density at radius 2 is 2.30 bits per heavy atom. The summed E-state index contributed by atoms with van der Waals surface area (Å²) in [6.07, 6.45) is 2.96. The molecule has 1 aromatic rings. The van der Waals surface area contributed by atoms with Gasteiger partial charge < -0.3 is 15.2 Å². The lowest BCUT2D eigenvalue weighted by Gasteiger charge is -2.18. The third-order valence-electron chi connectivity index (χ3n) is 3.28. The van der Waals surface area contributed by atoms with Gasteiger partial charge in [-0.25, -0.2) is 4.79 Å². The number of aliphatic carboxylic acids is 1. The molecule has 1 aromatic carbocycles. The van der Waals surface area contributed by atoms with Gasteiger partial charge in [0.05, 0.1) is 0 Å². The Labute approximate surface area is 127 Å². The Kier molecular flexibility index (Phi) is 5.43. The first-order valence-corrected chi connectivity index (χ1v) is 7.80. The van der Waals surface area contributed by atoms with E-state index in [1.54, 1.807) is 0 Å². The van der Waals surface area contributed by atoms with Crippen molar-refractivity contribution in [2.45, 2.75) is 51.3 Å². The van der Waals surface area contributed by atoms with Gasteiger partial charge >= 0.3 is 5.97 Å². The van der Waals surface area contributed by atoms with Crippen molar-refractivity contribution in [1.29, 1.82) is 0 Å². The summed E-state index contributed by atoms with van der Waals surface area (Å²) < 4.78 is 6.67. The van der Waals surface area contributed by atoms with E-state index in [-0.39, 0.29) is 0 Å². The number of rotatable bonds is 8. The largest absolute Gasteiger partial charge is 0.479 e. The fourth-order valence-corrected chi connectivity index (χ4v) is 2.40. The monoisotopic (exact) mass is 341 g/mol. The first-order valence-electron chi connectivity index (χ1n) is 7.01. The molecule has 0 amide bonds. The number of hydrogen-bond donors (Lipinski definition) is 2. The molecule has 0 aromatic heterocycles. The van der Waals surface area contributed by atoms with Crippen molar-refractivity contribution in [2.24, 2.45) is 0 Å². The molecule has 1 unspecified atom stereocenters. The van der Waals surface area contributed by atoms with Crippen LogP contribution >= 0.6 is 15.9 Å². The summed E-state index contributed by atoms with van der Waals surface area (Å²) in [5.41, 5.74) is 0.994. The quantitative estimate of drug-likeness (QED) is 0.761. The lowest BCUT2D eigenvalue weighted by Crippen LogP contribution is -2.27. The number of ether oxygens (including phenoxy) is 1. The number of carbonyl (C=O) groups is 1. The highest BCUT2D eigenvalue weighted by Crippen LogP contribution is 2.27. The molecule has 0 saturated heterocycles. The number of hydrogen-bond acceptors (Lipinski definition) is 3. The number of halogens is 1. The molecule has 0 radical (unpaired) electrons. The van der Waals surface area contributed by atoms with E-state index in [0.29, 0.717) is 24.8 Å². The first-order chi connectivity index (χ1) is 9.60. The van der Waals surface area contributed by atoms with Crippen molar-refractivity contribution in [1.82, 2.24) is 5.32 Å². The molecule has 1 aliphatic carbocycles. The van der Waals surface area contributed by atoms with Crippen molar-refractivity contribution >= 4 is 21.9 Å². The van der Waals surface area contributed by atoms with E-state index in [4.69, 9.17) is 4.74 Å². The molecule has 110 valence electrons. The van der Waals surface area contributed by atoms with Crippen molar-refractivity contribution in [3.63, 3.8) is 0 Å². The summed E-state index contributed by atoms with van der Waals surface area (Å²) in [5, 5.41) is 12.6. The Morgan fingerprint density at radius 1 is 1.55 bits per heavy atom. The van der Waals surface area contributed by atoms with Crippen LogP contribution in [-0.2, 0) is 11.3 Å². The van der Waals surface area contributed by atoms with E-state index in [1.807, 2.05) is 25.1 Å². The maximum Gasteiger partial charge on any atom is 0.344 e. The van der Waals surface area contributed by atoms with Gasteiger partial charge in [0.1, 0.15) is 5.75 Å². The zero-order valence-electron chi connectivity index (χ0n) is 11.6. The molecule has 0 spiro atoms. The molecule has 1 aliphatic rings. The number of carboxylic acids is 1. The Morgan fingerprint density at radius 3 is 2.90 bits per heavy atom. The van der Waals surface area contributed by atoms with Crippen LogP contribution in [-0.4, -0.2) is 23.2 Å². The molecule has 0 heterocycles. The summed E-state index contributed by atoms with van der Waals surface area (Å²) in [5.74, 6) is -0.252. The van der Waals surface area contributed by atoms with Crippen molar-refractivity contribution in [3.8, 4) is 5.75 Å². The molecule has 4 nitrogen and oxygen atoms in total. The van der Waals surface area contributed by atoms with E-state index >= 15 is 0 Å². The SMILES string of the molecule is CCCC(Oc1ccc(Br)cc1CNC1CC1)C(=O)O. The lowest BCUT2D eigenvalue weighted by atomic mass is 10.1. The van der Waals surface area contributed by atoms with Gasteiger partial charge in [0.2, 0.25) is 0 Å². The molecule has 1 saturated carbocycles. The zero-order valence-corrected chi connectivity index (χ0v) is 13.1. The van der Waals surface area contributed by atoms with Crippen LogP contribution in [0.15, 0.2) is 22.7 Å². The van der Waals surface area contributed by atoms with Gasteiger partial charge in [-0.05, 0) is 37.5 Å². The van der Waals surface area contributed by atoms with Crippen LogP contribution in [0.25, 0.3) is 0 Å². The fourth-order valence-electron chi connectivity index (χ4n) is 1.99. The highest BCUT2D eigenvalue weighted by atomic mass is 79.9. The Hall–Kier alpha value is -1.07. The molecular weight excluding hydrogens is 322 g/mol. The van der Waals surface area contributed by atoms with Crippen molar-refractivity contribution in [2.75, 3.05) is 0 Å². The van der Waals surface area contributed by atoms with E-state index in [0.717, 1.165) is 16.5 Å². The molecule has 2 rings (SSSR count). The average molecular weight is 342 g/mol. The smallest absolute Gasteiger partial charge is 0.344 e. The summed E-state index contributed by atoms with van der Waals surface area (Å²) in [6.45, 7) is 2.66. The second-order valence-corrected chi connectivity index (χ2v) is 6.06. The van der Waals surface area contributed by atoms with Gasteiger partial charge in [0, 0.05) is 22.6 Å². The minimum atomic E-state index is -0.907. The zero-order chi connectivity index (χ0) is 14.5. The minimum Gasteiger partial charge on any atom is -0.479 e. The fraction of sp³-hybridized carbons (Fsp3) is 0.533. The van der Waals surface area contributed by atoms with Crippen LogP contribution in [0.5, 0.6) is 5.75 Å². The van der Waals surface area contributed by atoms with Gasteiger partial charge in [0.15, 0.2) is 6.10 Å². The Balaban J connectivity index is 2.09. The number of carboxylic acid groups (broad SMARTS) is 1. The van der Waals surface area contributed by atoms with Crippen LogP contribution in [0.3, 0.4) is 0 Å². The molecule has 0 bridgehead atoms. The predicted molar refractivity (Wildman–Crippen MR) is 81.0 cm³/mol. The standard InChI is InChI=1S/C15H20BrNO3/c1-2-3-14(15(18)19)20-13-7-4-11(16)8-10(13)9-17-12-5-6-12/h4,7-8,12,14,17H,2-3,5-6,9H2,1H3,(H,18,19). The maximum absolute atomic E-state index is 11.2. The highest BCUT2D eigenvalue weighted by Gasteiger charge is 2.22. The van der Waals surface area contributed by atoms with Gasteiger partial charge in [0.25, 0.3) is 0 Å². The van der Waals surface area contributed by atoms with Crippen molar-refractivity contribution in [3.05, 3.63) is 28.2 Å².